The smallest absolute Gasteiger partial charge is 0.356 e. The first-order valence-electron chi connectivity index (χ1n) is 6.76. The Labute approximate surface area is 122 Å². The van der Waals surface area contributed by atoms with Crippen molar-refractivity contribution < 1.29 is 21.6 Å². The number of sulfonamides is 1. The molecule has 124 valence electrons. The van der Waals surface area contributed by atoms with E-state index in [0.717, 1.165) is 13.0 Å². The van der Waals surface area contributed by atoms with Crippen molar-refractivity contribution in [2.45, 2.75) is 37.7 Å². The minimum absolute atomic E-state index is 0.0901. The summed E-state index contributed by atoms with van der Waals surface area (Å²) in [6.07, 6.45) is 1.53. The molecule has 0 amide bonds. The van der Waals surface area contributed by atoms with Crippen molar-refractivity contribution in [1.82, 2.24) is 14.9 Å². The first kappa shape index (κ1) is 18.0. The van der Waals surface area contributed by atoms with Gasteiger partial charge in [0.1, 0.15) is 0 Å². The van der Waals surface area contributed by atoms with Crippen LogP contribution in [0.25, 0.3) is 0 Å². The molecule has 0 atom stereocenters. The summed E-state index contributed by atoms with van der Waals surface area (Å²) < 4.78 is 60.4. The lowest BCUT2D eigenvalue weighted by Crippen LogP contribution is -2.51. The van der Waals surface area contributed by atoms with Gasteiger partial charge in [-0.05, 0) is 19.3 Å². The van der Waals surface area contributed by atoms with Crippen LogP contribution in [0.15, 0.2) is 4.99 Å². The molecular weight excluding hydrogens is 309 g/mol. The molecule has 10 heteroatoms. The van der Waals surface area contributed by atoms with Gasteiger partial charge in [-0.15, -0.1) is 0 Å². The molecule has 21 heavy (non-hydrogen) atoms. The summed E-state index contributed by atoms with van der Waals surface area (Å²) in [5.74, 6) is 0.578. The lowest BCUT2D eigenvalue weighted by molar-refractivity contribution is -0.0494. The summed E-state index contributed by atoms with van der Waals surface area (Å²) in [5, 5.41) is 6.15. The Morgan fingerprint density at radius 1 is 1.33 bits per heavy atom. The van der Waals surface area contributed by atoms with Gasteiger partial charge in [-0.1, -0.05) is 6.92 Å². The van der Waals surface area contributed by atoms with Gasteiger partial charge in [-0.2, -0.15) is 17.5 Å². The number of nitrogens with zero attached hydrogens (tertiary/aromatic N) is 2. The zero-order chi connectivity index (χ0) is 16.1. The molecule has 1 saturated heterocycles. The molecule has 1 aliphatic rings. The van der Waals surface area contributed by atoms with Crippen LogP contribution in [0.3, 0.4) is 0 Å². The first-order chi connectivity index (χ1) is 9.72. The predicted octanol–water partition coefficient (Wildman–Crippen LogP) is 0.875. The number of aliphatic imine (C=N–C) groups is 1. The van der Waals surface area contributed by atoms with E-state index in [1.54, 1.807) is 7.05 Å². The third-order valence-electron chi connectivity index (χ3n) is 3.19. The Hall–Kier alpha value is -1.03. The lowest BCUT2D eigenvalue weighted by Gasteiger charge is -2.32. The normalized spacial score (nSPS) is 19.6. The Bertz CT molecular complexity index is 457. The van der Waals surface area contributed by atoms with Crippen molar-refractivity contribution in [2.24, 2.45) is 4.99 Å². The quantitative estimate of drug-likeness (QED) is 0.593. The number of nitrogens with one attached hydrogen (secondary N) is 2. The second-order valence-corrected chi connectivity index (χ2v) is 6.70. The van der Waals surface area contributed by atoms with Crippen LogP contribution >= 0.6 is 0 Å². The zero-order valence-corrected chi connectivity index (χ0v) is 12.9. The van der Waals surface area contributed by atoms with Gasteiger partial charge in [0.25, 0.3) is 0 Å². The Kier molecular flexibility index (Phi) is 6.26. The van der Waals surface area contributed by atoms with Crippen LogP contribution in [-0.4, -0.2) is 56.9 Å². The van der Waals surface area contributed by atoms with Gasteiger partial charge < -0.3 is 10.6 Å². The van der Waals surface area contributed by atoms with Gasteiger partial charge in [0.2, 0.25) is 0 Å². The molecule has 0 unspecified atom stereocenters. The van der Waals surface area contributed by atoms with Crippen LogP contribution in [-0.2, 0) is 10.0 Å². The van der Waals surface area contributed by atoms with Crippen LogP contribution in [0.5, 0.6) is 0 Å². The highest BCUT2D eigenvalue weighted by Gasteiger charge is 2.50. The summed E-state index contributed by atoms with van der Waals surface area (Å²) in [4.78, 5) is 4.01. The highest BCUT2D eigenvalue weighted by atomic mass is 32.2. The molecule has 0 spiro atoms. The van der Waals surface area contributed by atoms with Crippen LogP contribution in [0, 0.1) is 0 Å². The maximum absolute atomic E-state index is 12.4. The minimum atomic E-state index is -5.23. The summed E-state index contributed by atoms with van der Waals surface area (Å²) in [6.45, 7) is 2.44. The number of guanidine groups is 1. The molecule has 1 aliphatic heterocycles. The van der Waals surface area contributed by atoms with Crippen molar-refractivity contribution in [3.63, 3.8) is 0 Å². The largest absolute Gasteiger partial charge is 0.511 e. The number of halogens is 3. The fourth-order valence-corrected chi connectivity index (χ4v) is 3.00. The van der Waals surface area contributed by atoms with Crippen LogP contribution in [0.1, 0.15) is 26.2 Å². The Morgan fingerprint density at radius 3 is 2.33 bits per heavy atom. The predicted molar refractivity (Wildman–Crippen MR) is 74.4 cm³/mol. The summed E-state index contributed by atoms with van der Waals surface area (Å²) >= 11 is 0. The van der Waals surface area contributed by atoms with E-state index in [1.807, 2.05) is 6.92 Å². The summed E-state index contributed by atoms with van der Waals surface area (Å²) in [5.41, 5.74) is -5.23. The van der Waals surface area contributed by atoms with E-state index >= 15 is 0 Å². The molecule has 6 nitrogen and oxygen atoms in total. The second-order valence-electron chi connectivity index (χ2n) is 4.77. The molecule has 0 aliphatic carbocycles. The fraction of sp³-hybridized carbons (Fsp3) is 0.909. The van der Waals surface area contributed by atoms with Gasteiger partial charge in [-0.3, -0.25) is 4.99 Å². The van der Waals surface area contributed by atoms with Crippen molar-refractivity contribution in [3.8, 4) is 0 Å². The van der Waals surface area contributed by atoms with E-state index in [4.69, 9.17) is 0 Å². The number of hydrogen-bond acceptors (Lipinski definition) is 3. The molecule has 0 aromatic carbocycles. The van der Waals surface area contributed by atoms with Crippen LogP contribution in [0.4, 0.5) is 13.2 Å². The molecule has 1 heterocycles. The minimum Gasteiger partial charge on any atom is -0.356 e. The molecule has 2 N–H and O–H groups in total. The number of rotatable bonds is 4. The number of piperidine rings is 1. The van der Waals surface area contributed by atoms with Crippen LogP contribution < -0.4 is 10.6 Å². The van der Waals surface area contributed by atoms with Gasteiger partial charge in [0.05, 0.1) is 0 Å². The molecule has 0 saturated carbocycles. The van der Waals surface area contributed by atoms with Gasteiger partial charge in [0, 0.05) is 32.7 Å². The zero-order valence-electron chi connectivity index (χ0n) is 12.1. The standard InChI is InChI=1S/C11H21F3N4O2S/c1-3-6-16-10(15-2)17-9-4-7-18(8-5-9)21(19,20)11(12,13)14/h9H,3-8H2,1-2H3,(H2,15,16,17). The van der Waals surface area contributed by atoms with Crippen molar-refractivity contribution in [1.29, 1.82) is 0 Å². The Morgan fingerprint density at radius 2 is 1.90 bits per heavy atom. The average Bonchev–Trinajstić information content (AvgIpc) is 2.42. The average molecular weight is 330 g/mol. The first-order valence-corrected chi connectivity index (χ1v) is 8.20. The number of alkyl halides is 3. The van der Waals surface area contributed by atoms with E-state index in [9.17, 15) is 21.6 Å². The van der Waals surface area contributed by atoms with Gasteiger partial charge in [0.15, 0.2) is 5.96 Å². The van der Waals surface area contributed by atoms with Gasteiger partial charge >= 0.3 is 15.5 Å². The molecule has 1 rings (SSSR count). The van der Waals surface area contributed by atoms with E-state index < -0.39 is 15.5 Å². The van der Waals surface area contributed by atoms with E-state index in [0.29, 0.717) is 23.1 Å². The van der Waals surface area contributed by atoms with Crippen LogP contribution in [0.2, 0.25) is 0 Å². The third-order valence-corrected chi connectivity index (χ3v) is 4.82. The van der Waals surface area contributed by atoms with E-state index in [2.05, 4.69) is 15.6 Å². The maximum Gasteiger partial charge on any atom is 0.511 e. The summed E-state index contributed by atoms with van der Waals surface area (Å²) in [7, 11) is -3.61. The Balaban J connectivity index is 2.53. The van der Waals surface area contributed by atoms with Crippen molar-refractivity contribution >= 4 is 16.0 Å². The summed E-state index contributed by atoms with van der Waals surface area (Å²) in [6, 6.07) is -0.0901. The third kappa shape index (κ3) is 4.73. The van der Waals surface area contributed by atoms with Gasteiger partial charge in [-0.25, -0.2) is 8.42 Å². The van der Waals surface area contributed by atoms with Crippen molar-refractivity contribution in [3.05, 3.63) is 0 Å². The second kappa shape index (κ2) is 7.30. The highest BCUT2D eigenvalue weighted by molar-refractivity contribution is 7.90. The molecule has 0 aromatic heterocycles. The molecular formula is C11H21F3N4O2S. The molecule has 0 bridgehead atoms. The maximum atomic E-state index is 12.4. The lowest BCUT2D eigenvalue weighted by atomic mass is 10.1. The van der Waals surface area contributed by atoms with E-state index in [-0.39, 0.29) is 19.1 Å². The topological polar surface area (TPSA) is 73.8 Å². The fourth-order valence-electron chi connectivity index (χ4n) is 2.02. The van der Waals surface area contributed by atoms with Crippen molar-refractivity contribution in [2.75, 3.05) is 26.7 Å². The molecule has 0 radical (unpaired) electrons. The highest BCUT2D eigenvalue weighted by Crippen LogP contribution is 2.28. The number of hydrogen-bond donors (Lipinski definition) is 2. The molecule has 1 fully saturated rings. The monoisotopic (exact) mass is 330 g/mol. The SMILES string of the molecule is CCCNC(=NC)NC1CCN(S(=O)(=O)C(F)(F)F)CC1. The van der Waals surface area contributed by atoms with E-state index in [1.165, 1.54) is 0 Å². The molecule has 0 aromatic rings.